The van der Waals surface area contributed by atoms with Crippen molar-refractivity contribution in [1.29, 1.82) is 0 Å². The molecule has 1 aromatic heterocycles. The van der Waals surface area contributed by atoms with Crippen LogP contribution in [0.15, 0.2) is 24.4 Å². The van der Waals surface area contributed by atoms with Crippen molar-refractivity contribution in [3.05, 3.63) is 41.5 Å². The first kappa shape index (κ1) is 22.4. The van der Waals surface area contributed by atoms with E-state index in [2.05, 4.69) is 15.2 Å². The Morgan fingerprint density at radius 1 is 1.29 bits per heavy atom. The van der Waals surface area contributed by atoms with Gasteiger partial charge in [0.1, 0.15) is 11.6 Å². The lowest BCUT2D eigenvalue weighted by atomic mass is 9.87. The predicted octanol–water partition coefficient (Wildman–Crippen LogP) is 2.99. The Labute approximate surface area is 171 Å². The van der Waals surface area contributed by atoms with E-state index in [1.54, 1.807) is 0 Å². The van der Waals surface area contributed by atoms with Gasteiger partial charge in [-0.1, -0.05) is 6.07 Å². The molecule has 168 valence electrons. The largest absolute Gasteiger partial charge is 0.433 e. The average molecular weight is 450 g/mol. The lowest BCUT2D eigenvalue weighted by Crippen LogP contribution is -2.33. The van der Waals surface area contributed by atoms with Crippen LogP contribution in [0.2, 0.25) is 0 Å². The molecule has 31 heavy (non-hydrogen) atoms. The van der Waals surface area contributed by atoms with Gasteiger partial charge in [0.2, 0.25) is 11.8 Å². The highest BCUT2D eigenvalue weighted by molar-refractivity contribution is 6.09. The minimum absolute atomic E-state index is 0.213. The second-order valence-electron chi connectivity index (χ2n) is 6.86. The molecule has 13 heteroatoms. The third-order valence-electron chi connectivity index (χ3n) is 4.86. The number of para-hydroxylation sites is 1. The Morgan fingerprint density at radius 3 is 2.58 bits per heavy atom. The van der Waals surface area contributed by atoms with Crippen LogP contribution in [0.5, 0.6) is 5.75 Å². The number of benzene rings is 1. The fourth-order valence-corrected chi connectivity index (χ4v) is 3.57. The molecule has 2 atom stereocenters. The lowest BCUT2D eigenvalue weighted by molar-refractivity contribution is -0.145. The molecule has 0 aliphatic carbocycles. The molecule has 0 radical (unpaired) electrons. The number of anilines is 1. The number of halogens is 6. The molecule has 1 aromatic carbocycles. The summed E-state index contributed by atoms with van der Waals surface area (Å²) >= 11 is 0. The summed E-state index contributed by atoms with van der Waals surface area (Å²) in [6.45, 7) is -3.61. The first-order chi connectivity index (χ1) is 14.4. The zero-order valence-electron chi connectivity index (χ0n) is 16.1. The lowest BCUT2D eigenvalue weighted by Gasteiger charge is -2.19. The molecule has 1 aliphatic rings. The summed E-state index contributed by atoms with van der Waals surface area (Å²) in [5, 5.41) is 5.72. The number of carbonyl (C=O) groups is 2. The summed E-state index contributed by atoms with van der Waals surface area (Å²) in [5.41, 5.74) is -1.98. The van der Waals surface area contributed by atoms with Crippen LogP contribution in [0.25, 0.3) is 0 Å². The highest BCUT2D eigenvalue weighted by atomic mass is 19.4. The van der Waals surface area contributed by atoms with E-state index >= 15 is 0 Å². The molecule has 0 bridgehead atoms. The smallest absolute Gasteiger partial charge is 0.429 e. The number of amides is 2. The van der Waals surface area contributed by atoms with Crippen LogP contribution in [0, 0.1) is 11.7 Å². The summed E-state index contributed by atoms with van der Waals surface area (Å²) in [7, 11) is 2.38. The van der Waals surface area contributed by atoms with Crippen molar-refractivity contribution in [2.45, 2.75) is 18.7 Å². The molecule has 0 saturated carbocycles. The van der Waals surface area contributed by atoms with Crippen molar-refractivity contribution in [2.24, 2.45) is 13.0 Å². The van der Waals surface area contributed by atoms with Gasteiger partial charge in [0.25, 0.3) is 0 Å². The summed E-state index contributed by atoms with van der Waals surface area (Å²) in [4.78, 5) is 26.5. The van der Waals surface area contributed by atoms with E-state index in [4.69, 9.17) is 0 Å². The summed E-state index contributed by atoms with van der Waals surface area (Å²) < 4.78 is 84.2. The van der Waals surface area contributed by atoms with E-state index in [1.807, 2.05) is 0 Å². The number of alkyl halides is 5. The van der Waals surface area contributed by atoms with Crippen LogP contribution in [0.3, 0.4) is 0 Å². The minimum atomic E-state index is -4.80. The summed E-state index contributed by atoms with van der Waals surface area (Å²) in [5.74, 6) is -6.89. The number of carbonyl (C=O) groups excluding carboxylic acids is 2. The number of likely N-dealkylation sites (N-methyl/N-ethyl adjacent to an activating group) is 1. The molecule has 2 heterocycles. The molecule has 1 saturated heterocycles. The Balaban J connectivity index is 1.97. The minimum Gasteiger partial charge on any atom is -0.429 e. The van der Waals surface area contributed by atoms with Gasteiger partial charge in [-0.3, -0.25) is 14.3 Å². The maximum atomic E-state index is 13.9. The van der Waals surface area contributed by atoms with Crippen LogP contribution in [0.4, 0.5) is 32.0 Å². The van der Waals surface area contributed by atoms with Crippen LogP contribution < -0.4 is 10.1 Å². The molecule has 1 fully saturated rings. The summed E-state index contributed by atoms with van der Waals surface area (Å²) in [6, 6.07) is 2.98. The van der Waals surface area contributed by atoms with Crippen molar-refractivity contribution >= 4 is 17.5 Å². The first-order valence-corrected chi connectivity index (χ1v) is 8.80. The average Bonchev–Trinajstić information content (AvgIpc) is 3.17. The second-order valence-corrected chi connectivity index (χ2v) is 6.86. The fraction of sp³-hybridized carbons (Fsp3) is 0.389. The number of nitrogens with zero attached hydrogens (tertiary/aromatic N) is 3. The monoisotopic (exact) mass is 450 g/mol. The third-order valence-corrected chi connectivity index (χ3v) is 4.86. The number of likely N-dealkylation sites (tertiary alicyclic amines) is 1. The molecule has 1 N–H and O–H groups in total. The Bertz CT molecular complexity index is 1010. The van der Waals surface area contributed by atoms with Crippen LogP contribution in [0.1, 0.15) is 17.2 Å². The number of hydrogen-bond donors (Lipinski definition) is 1. The Kier molecular flexibility index (Phi) is 5.87. The number of rotatable bonds is 5. The van der Waals surface area contributed by atoms with Crippen LogP contribution in [-0.2, 0) is 22.8 Å². The van der Waals surface area contributed by atoms with Gasteiger partial charge in [0, 0.05) is 32.1 Å². The van der Waals surface area contributed by atoms with Gasteiger partial charge < -0.3 is 15.0 Å². The first-order valence-electron chi connectivity index (χ1n) is 8.80. The number of hydrogen-bond acceptors (Lipinski definition) is 4. The van der Waals surface area contributed by atoms with Crippen molar-refractivity contribution in [3.63, 3.8) is 0 Å². The van der Waals surface area contributed by atoms with E-state index in [0.29, 0.717) is 4.68 Å². The van der Waals surface area contributed by atoms with Crippen molar-refractivity contribution in [2.75, 3.05) is 18.9 Å². The van der Waals surface area contributed by atoms with E-state index in [9.17, 15) is 35.9 Å². The van der Waals surface area contributed by atoms with E-state index in [0.717, 1.165) is 36.3 Å². The molecular weight excluding hydrogens is 434 g/mol. The number of nitrogens with one attached hydrogen (secondary N) is 1. The molecule has 0 spiro atoms. The van der Waals surface area contributed by atoms with E-state index in [1.165, 1.54) is 7.05 Å². The fourth-order valence-electron chi connectivity index (χ4n) is 3.57. The third kappa shape index (κ3) is 4.30. The second kappa shape index (κ2) is 8.12. The van der Waals surface area contributed by atoms with E-state index in [-0.39, 0.29) is 12.1 Å². The van der Waals surface area contributed by atoms with Gasteiger partial charge >= 0.3 is 12.8 Å². The Morgan fingerprint density at radius 2 is 1.97 bits per heavy atom. The molecule has 7 nitrogen and oxygen atoms in total. The molecule has 2 aromatic rings. The zero-order valence-corrected chi connectivity index (χ0v) is 16.1. The summed E-state index contributed by atoms with van der Waals surface area (Å²) in [6.07, 6.45) is -3.87. The van der Waals surface area contributed by atoms with Gasteiger partial charge in [0.05, 0.1) is 11.9 Å². The molecule has 3 rings (SSSR count). The SMILES string of the molecule is CN1C[C@H](c2cnn(C)c2C(F)(F)F)[C@@H](C(=O)Nc2cccc(F)c2OC(F)F)C1=O. The van der Waals surface area contributed by atoms with E-state index < -0.39 is 59.4 Å². The van der Waals surface area contributed by atoms with Gasteiger partial charge in [-0.25, -0.2) is 4.39 Å². The number of aromatic nitrogens is 2. The predicted molar refractivity (Wildman–Crippen MR) is 93.7 cm³/mol. The maximum Gasteiger partial charge on any atom is 0.433 e. The molecular formula is C18H16F6N4O3. The quantitative estimate of drug-likeness (QED) is 0.562. The van der Waals surface area contributed by atoms with Crippen molar-refractivity contribution in [1.82, 2.24) is 14.7 Å². The Hall–Kier alpha value is -3.25. The van der Waals surface area contributed by atoms with Crippen molar-refractivity contribution in [3.8, 4) is 5.75 Å². The normalized spacial score (nSPS) is 19.3. The zero-order chi connectivity index (χ0) is 23.1. The van der Waals surface area contributed by atoms with Gasteiger partial charge in [-0.05, 0) is 12.1 Å². The van der Waals surface area contributed by atoms with Crippen LogP contribution in [-0.4, -0.2) is 46.7 Å². The topological polar surface area (TPSA) is 76.5 Å². The molecule has 0 unspecified atom stereocenters. The van der Waals surface area contributed by atoms with Gasteiger partial charge in [-0.2, -0.15) is 27.1 Å². The van der Waals surface area contributed by atoms with Crippen molar-refractivity contribution < 1.29 is 40.7 Å². The molecule has 2 amide bonds. The van der Waals surface area contributed by atoms with Crippen LogP contribution >= 0.6 is 0 Å². The van der Waals surface area contributed by atoms with Gasteiger partial charge in [0.15, 0.2) is 11.6 Å². The highest BCUT2D eigenvalue weighted by Gasteiger charge is 2.49. The molecule has 1 aliphatic heterocycles. The number of ether oxygens (including phenoxy) is 1. The number of aryl methyl sites for hydroxylation is 1. The highest BCUT2D eigenvalue weighted by Crippen LogP contribution is 2.41. The standard InChI is InChI=1S/C18H16F6N4O3/c1-27-7-9(8-6-25-28(2)14(8)18(22,23)24)12(16(27)30)15(29)26-11-5-3-4-10(19)13(11)31-17(20)21/h3-6,9,12,17H,7H2,1-2H3,(H,26,29)/t9-,12+/m1/s1. The maximum absolute atomic E-state index is 13.9. The van der Waals surface area contributed by atoms with Gasteiger partial charge in [-0.15, -0.1) is 0 Å².